The van der Waals surface area contributed by atoms with Gasteiger partial charge in [-0.05, 0) is 29.9 Å². The smallest absolute Gasteiger partial charge is 0.123 e. The molecule has 1 heteroatoms. The quantitative estimate of drug-likeness (QED) is 0.652. The molecule has 0 aliphatic heterocycles. The zero-order valence-electron chi connectivity index (χ0n) is 8.57. The third-order valence-electron chi connectivity index (χ3n) is 3.36. The van der Waals surface area contributed by atoms with E-state index >= 15 is 0 Å². The molecule has 1 nitrogen and oxygen atoms in total. The van der Waals surface area contributed by atoms with Crippen molar-refractivity contribution in [3.8, 4) is 0 Å². The number of hydrogen-bond donors (Lipinski definition) is 0. The van der Waals surface area contributed by atoms with Crippen molar-refractivity contribution in [1.29, 1.82) is 0 Å². The van der Waals surface area contributed by atoms with Crippen molar-refractivity contribution in [2.24, 2.45) is 11.8 Å². The SMILES string of the molecule is CCC1Cc2ccccc2CC1C=O. The Kier molecular flexibility index (Phi) is 2.67. The molecule has 74 valence electrons. The monoisotopic (exact) mass is 188 g/mol. The molecule has 0 spiro atoms. The van der Waals surface area contributed by atoms with E-state index in [4.69, 9.17) is 0 Å². The molecular weight excluding hydrogens is 172 g/mol. The van der Waals surface area contributed by atoms with Gasteiger partial charge in [0, 0.05) is 5.92 Å². The zero-order chi connectivity index (χ0) is 9.97. The predicted octanol–water partition coefficient (Wildman–Crippen LogP) is 2.63. The van der Waals surface area contributed by atoms with Crippen LogP contribution in [0.5, 0.6) is 0 Å². The summed E-state index contributed by atoms with van der Waals surface area (Å²) in [7, 11) is 0. The molecule has 0 heterocycles. The average Bonchev–Trinajstić information content (AvgIpc) is 2.27. The molecule has 2 atom stereocenters. The maximum Gasteiger partial charge on any atom is 0.123 e. The maximum absolute atomic E-state index is 10.9. The Bertz CT molecular complexity index is 330. The summed E-state index contributed by atoms with van der Waals surface area (Å²) in [6.45, 7) is 2.18. The van der Waals surface area contributed by atoms with Crippen LogP contribution in [0.2, 0.25) is 0 Å². The number of carbonyl (C=O) groups excluding carboxylic acids is 1. The van der Waals surface area contributed by atoms with Gasteiger partial charge >= 0.3 is 0 Å². The molecule has 0 amide bonds. The number of fused-ring (bicyclic) bond motifs is 1. The molecule has 1 aliphatic carbocycles. The lowest BCUT2D eigenvalue weighted by atomic mass is 9.75. The van der Waals surface area contributed by atoms with Gasteiger partial charge in [0.2, 0.25) is 0 Å². The summed E-state index contributed by atoms with van der Waals surface area (Å²) >= 11 is 0. The van der Waals surface area contributed by atoms with Gasteiger partial charge < -0.3 is 4.79 Å². The van der Waals surface area contributed by atoms with Crippen molar-refractivity contribution in [2.45, 2.75) is 26.2 Å². The van der Waals surface area contributed by atoms with Crippen LogP contribution in [-0.2, 0) is 17.6 Å². The van der Waals surface area contributed by atoms with E-state index in [-0.39, 0.29) is 5.92 Å². The van der Waals surface area contributed by atoms with Crippen LogP contribution in [0.1, 0.15) is 24.5 Å². The highest BCUT2D eigenvalue weighted by Crippen LogP contribution is 2.30. The van der Waals surface area contributed by atoms with Gasteiger partial charge in [-0.1, -0.05) is 37.6 Å². The number of carbonyl (C=O) groups is 1. The summed E-state index contributed by atoms with van der Waals surface area (Å²) in [5, 5.41) is 0. The highest BCUT2D eigenvalue weighted by molar-refractivity contribution is 5.56. The number of hydrogen-bond acceptors (Lipinski definition) is 1. The van der Waals surface area contributed by atoms with Gasteiger partial charge in [0.15, 0.2) is 0 Å². The summed E-state index contributed by atoms with van der Waals surface area (Å²) in [5.74, 6) is 0.803. The molecule has 1 aliphatic rings. The van der Waals surface area contributed by atoms with Crippen LogP contribution >= 0.6 is 0 Å². The van der Waals surface area contributed by atoms with Crippen LogP contribution in [0.4, 0.5) is 0 Å². The van der Waals surface area contributed by atoms with Crippen LogP contribution in [-0.4, -0.2) is 6.29 Å². The first-order chi connectivity index (χ1) is 6.85. The fourth-order valence-electron chi connectivity index (χ4n) is 2.42. The Balaban J connectivity index is 2.29. The van der Waals surface area contributed by atoms with Crippen molar-refractivity contribution in [3.63, 3.8) is 0 Å². The lowest BCUT2D eigenvalue weighted by Gasteiger charge is -2.28. The second-order valence-corrected chi connectivity index (χ2v) is 4.15. The largest absolute Gasteiger partial charge is 0.303 e. The molecule has 0 saturated heterocycles. The van der Waals surface area contributed by atoms with E-state index in [9.17, 15) is 4.79 Å². The van der Waals surface area contributed by atoms with Gasteiger partial charge in [-0.3, -0.25) is 0 Å². The van der Waals surface area contributed by atoms with Crippen molar-refractivity contribution in [2.75, 3.05) is 0 Å². The minimum atomic E-state index is 0.245. The molecule has 2 unspecified atom stereocenters. The van der Waals surface area contributed by atoms with Crippen molar-refractivity contribution in [3.05, 3.63) is 35.4 Å². The summed E-state index contributed by atoms with van der Waals surface area (Å²) in [5.41, 5.74) is 2.81. The molecular formula is C13H16O. The van der Waals surface area contributed by atoms with Gasteiger partial charge in [-0.15, -0.1) is 0 Å². The maximum atomic E-state index is 10.9. The summed E-state index contributed by atoms with van der Waals surface area (Å²) < 4.78 is 0. The Labute approximate surface area is 85.1 Å². The van der Waals surface area contributed by atoms with Crippen LogP contribution in [0.3, 0.4) is 0 Å². The van der Waals surface area contributed by atoms with Crippen molar-refractivity contribution >= 4 is 6.29 Å². The second-order valence-electron chi connectivity index (χ2n) is 4.15. The topological polar surface area (TPSA) is 17.1 Å². The van der Waals surface area contributed by atoms with E-state index in [0.717, 1.165) is 25.5 Å². The molecule has 0 N–H and O–H groups in total. The summed E-state index contributed by atoms with van der Waals surface area (Å²) in [4.78, 5) is 10.9. The normalized spacial score (nSPS) is 25.5. The van der Waals surface area contributed by atoms with E-state index in [2.05, 4.69) is 31.2 Å². The number of rotatable bonds is 2. The Morgan fingerprint density at radius 2 is 1.93 bits per heavy atom. The Morgan fingerprint density at radius 3 is 2.50 bits per heavy atom. The van der Waals surface area contributed by atoms with E-state index in [0.29, 0.717) is 5.92 Å². The minimum absolute atomic E-state index is 0.245. The molecule has 0 saturated carbocycles. The highest BCUT2D eigenvalue weighted by Gasteiger charge is 2.26. The molecule has 0 bridgehead atoms. The molecule has 0 aromatic heterocycles. The second kappa shape index (κ2) is 3.95. The number of aldehydes is 1. The van der Waals surface area contributed by atoms with Crippen molar-refractivity contribution < 1.29 is 4.79 Å². The van der Waals surface area contributed by atoms with Gasteiger partial charge in [0.1, 0.15) is 6.29 Å². The standard InChI is InChI=1S/C13H16O/c1-2-10-7-11-5-3-4-6-12(11)8-13(10)9-14/h3-6,9-10,13H,2,7-8H2,1H3. The van der Waals surface area contributed by atoms with Gasteiger partial charge in [0.25, 0.3) is 0 Å². The van der Waals surface area contributed by atoms with Gasteiger partial charge in [0.05, 0.1) is 0 Å². The minimum Gasteiger partial charge on any atom is -0.303 e. The van der Waals surface area contributed by atoms with Gasteiger partial charge in [-0.2, -0.15) is 0 Å². The molecule has 0 fully saturated rings. The lowest BCUT2D eigenvalue weighted by molar-refractivity contribution is -0.112. The first kappa shape index (κ1) is 9.45. The molecule has 1 aromatic rings. The number of benzene rings is 1. The van der Waals surface area contributed by atoms with Crippen molar-refractivity contribution in [1.82, 2.24) is 0 Å². The van der Waals surface area contributed by atoms with Crippen LogP contribution in [0.15, 0.2) is 24.3 Å². The van der Waals surface area contributed by atoms with E-state index in [1.165, 1.54) is 11.1 Å². The van der Waals surface area contributed by atoms with E-state index < -0.39 is 0 Å². The predicted molar refractivity (Wildman–Crippen MR) is 57.2 cm³/mol. The first-order valence-corrected chi connectivity index (χ1v) is 5.37. The molecule has 14 heavy (non-hydrogen) atoms. The fraction of sp³-hybridized carbons (Fsp3) is 0.462. The van der Waals surface area contributed by atoms with Crippen LogP contribution < -0.4 is 0 Å². The fourth-order valence-corrected chi connectivity index (χ4v) is 2.42. The first-order valence-electron chi connectivity index (χ1n) is 5.37. The lowest BCUT2D eigenvalue weighted by Crippen LogP contribution is -2.25. The third kappa shape index (κ3) is 1.59. The van der Waals surface area contributed by atoms with E-state index in [1.54, 1.807) is 0 Å². The third-order valence-corrected chi connectivity index (χ3v) is 3.36. The highest BCUT2D eigenvalue weighted by atomic mass is 16.1. The van der Waals surface area contributed by atoms with Crippen LogP contribution in [0.25, 0.3) is 0 Å². The van der Waals surface area contributed by atoms with Gasteiger partial charge in [-0.25, -0.2) is 0 Å². The molecule has 0 radical (unpaired) electrons. The summed E-state index contributed by atoms with van der Waals surface area (Å²) in [6, 6.07) is 8.50. The molecule has 2 rings (SSSR count). The van der Waals surface area contributed by atoms with E-state index in [1.807, 2.05) is 0 Å². The Morgan fingerprint density at radius 1 is 1.29 bits per heavy atom. The average molecular weight is 188 g/mol. The van der Waals surface area contributed by atoms with Crippen LogP contribution in [0, 0.1) is 11.8 Å². The Hall–Kier alpha value is -1.11. The summed E-state index contributed by atoms with van der Waals surface area (Å²) in [6.07, 6.45) is 4.27. The zero-order valence-corrected chi connectivity index (χ0v) is 8.57. The molecule has 1 aromatic carbocycles.